The van der Waals surface area contributed by atoms with E-state index in [2.05, 4.69) is 18.3 Å². The molecular weight excluding hydrogens is 186 g/mol. The number of phenolic OH excluding ortho intramolecular Hbond substituents is 1. The second-order valence-electron chi connectivity index (χ2n) is 4.38. The molecule has 1 aromatic carbocycles. The van der Waals surface area contributed by atoms with Gasteiger partial charge in [-0.2, -0.15) is 0 Å². The molecule has 2 nitrogen and oxygen atoms in total. The summed E-state index contributed by atoms with van der Waals surface area (Å²) < 4.78 is 0. The van der Waals surface area contributed by atoms with E-state index in [4.69, 9.17) is 0 Å². The number of benzene rings is 1. The Bertz CT molecular complexity index is 329. The summed E-state index contributed by atoms with van der Waals surface area (Å²) in [6.07, 6.45) is 3.28. The maximum atomic E-state index is 9.77. The van der Waals surface area contributed by atoms with Gasteiger partial charge in [0.25, 0.3) is 0 Å². The third kappa shape index (κ3) is 2.51. The topological polar surface area (TPSA) is 32.3 Å². The van der Waals surface area contributed by atoms with Crippen molar-refractivity contribution in [1.82, 2.24) is 5.32 Å². The van der Waals surface area contributed by atoms with Gasteiger partial charge in [0.05, 0.1) is 0 Å². The van der Waals surface area contributed by atoms with Crippen molar-refractivity contribution in [2.24, 2.45) is 5.92 Å². The minimum Gasteiger partial charge on any atom is -0.508 e. The van der Waals surface area contributed by atoms with Crippen LogP contribution in [0.4, 0.5) is 0 Å². The van der Waals surface area contributed by atoms with Crippen LogP contribution in [0.3, 0.4) is 0 Å². The Balaban J connectivity index is 2.11. The summed E-state index contributed by atoms with van der Waals surface area (Å²) in [6.45, 7) is 4.36. The third-order valence-corrected chi connectivity index (χ3v) is 3.22. The van der Waals surface area contributed by atoms with Gasteiger partial charge in [0, 0.05) is 0 Å². The highest BCUT2D eigenvalue weighted by Gasteiger charge is 2.16. The van der Waals surface area contributed by atoms with Gasteiger partial charge >= 0.3 is 0 Å². The predicted molar refractivity (Wildman–Crippen MR) is 62.2 cm³/mol. The number of hydrogen-bond donors (Lipinski definition) is 2. The van der Waals surface area contributed by atoms with Gasteiger partial charge in [-0.3, -0.25) is 0 Å². The maximum absolute atomic E-state index is 9.77. The fourth-order valence-corrected chi connectivity index (χ4v) is 2.22. The highest BCUT2D eigenvalue weighted by Crippen LogP contribution is 2.24. The molecule has 1 heterocycles. The first-order valence-corrected chi connectivity index (χ1v) is 5.81. The highest BCUT2D eigenvalue weighted by molar-refractivity contribution is 5.36. The van der Waals surface area contributed by atoms with Gasteiger partial charge in [-0.1, -0.05) is 19.1 Å². The summed E-state index contributed by atoms with van der Waals surface area (Å²) in [5, 5.41) is 13.1. The SMILES string of the molecule is CCc1ccc(O)c(CC2CCNC2)c1. The molecule has 82 valence electrons. The van der Waals surface area contributed by atoms with Crippen molar-refractivity contribution in [1.29, 1.82) is 0 Å². The lowest BCUT2D eigenvalue weighted by atomic mass is 9.96. The lowest BCUT2D eigenvalue weighted by Crippen LogP contribution is -2.10. The van der Waals surface area contributed by atoms with Crippen LogP contribution in [0.1, 0.15) is 24.5 Å². The van der Waals surface area contributed by atoms with E-state index in [1.807, 2.05) is 12.1 Å². The normalized spacial score (nSPS) is 20.7. The molecular formula is C13H19NO. The van der Waals surface area contributed by atoms with Gasteiger partial charge in [0.1, 0.15) is 5.75 Å². The molecule has 2 N–H and O–H groups in total. The second-order valence-corrected chi connectivity index (χ2v) is 4.38. The van der Waals surface area contributed by atoms with E-state index in [0.29, 0.717) is 11.7 Å². The van der Waals surface area contributed by atoms with Gasteiger partial charge in [-0.25, -0.2) is 0 Å². The third-order valence-electron chi connectivity index (χ3n) is 3.22. The van der Waals surface area contributed by atoms with E-state index in [9.17, 15) is 5.11 Å². The fraction of sp³-hybridized carbons (Fsp3) is 0.538. The zero-order valence-electron chi connectivity index (χ0n) is 9.29. The number of aromatic hydroxyl groups is 1. The number of nitrogens with one attached hydrogen (secondary N) is 1. The van der Waals surface area contributed by atoms with Gasteiger partial charge < -0.3 is 10.4 Å². The Morgan fingerprint density at radius 1 is 1.47 bits per heavy atom. The summed E-state index contributed by atoms with van der Waals surface area (Å²) in [7, 11) is 0. The summed E-state index contributed by atoms with van der Waals surface area (Å²) in [4.78, 5) is 0. The molecule has 2 heteroatoms. The van der Waals surface area contributed by atoms with Crippen molar-refractivity contribution in [2.45, 2.75) is 26.2 Å². The first-order valence-electron chi connectivity index (χ1n) is 5.81. The summed E-state index contributed by atoms with van der Waals surface area (Å²) in [5.41, 5.74) is 2.43. The lowest BCUT2D eigenvalue weighted by molar-refractivity contribution is 0.459. The van der Waals surface area contributed by atoms with Crippen LogP contribution in [0.5, 0.6) is 5.75 Å². The Morgan fingerprint density at radius 3 is 3.00 bits per heavy atom. The minimum atomic E-state index is 0.458. The van der Waals surface area contributed by atoms with E-state index in [1.54, 1.807) is 0 Å². The molecule has 1 fully saturated rings. The standard InChI is InChI=1S/C13H19NO/c1-2-10-3-4-13(15)12(7-10)8-11-5-6-14-9-11/h3-4,7,11,14-15H,2,5-6,8-9H2,1H3. The van der Waals surface area contributed by atoms with Crippen molar-refractivity contribution in [3.8, 4) is 5.75 Å². The zero-order valence-corrected chi connectivity index (χ0v) is 9.29. The molecule has 0 radical (unpaired) electrons. The summed E-state index contributed by atoms with van der Waals surface area (Å²) in [6, 6.07) is 5.98. The molecule has 1 aromatic rings. The van der Waals surface area contributed by atoms with Gasteiger partial charge in [-0.05, 0) is 55.5 Å². The van der Waals surface area contributed by atoms with Crippen LogP contribution >= 0.6 is 0 Å². The monoisotopic (exact) mass is 205 g/mol. The van der Waals surface area contributed by atoms with Crippen molar-refractivity contribution in [2.75, 3.05) is 13.1 Å². The van der Waals surface area contributed by atoms with Gasteiger partial charge in [0.15, 0.2) is 0 Å². The molecule has 1 aliphatic rings. The van der Waals surface area contributed by atoms with Gasteiger partial charge in [-0.15, -0.1) is 0 Å². The van der Waals surface area contributed by atoms with Crippen molar-refractivity contribution in [3.63, 3.8) is 0 Å². The van der Waals surface area contributed by atoms with Crippen LogP contribution in [0, 0.1) is 5.92 Å². The lowest BCUT2D eigenvalue weighted by Gasteiger charge is -2.11. The molecule has 1 atom stereocenters. The zero-order chi connectivity index (χ0) is 10.7. The Morgan fingerprint density at radius 2 is 2.33 bits per heavy atom. The Labute approximate surface area is 91.3 Å². The van der Waals surface area contributed by atoms with Crippen molar-refractivity contribution in [3.05, 3.63) is 29.3 Å². The van der Waals surface area contributed by atoms with Crippen molar-refractivity contribution >= 4 is 0 Å². The van der Waals surface area contributed by atoms with Crippen LogP contribution < -0.4 is 5.32 Å². The smallest absolute Gasteiger partial charge is 0.118 e. The molecule has 1 saturated heterocycles. The summed E-state index contributed by atoms with van der Waals surface area (Å²) >= 11 is 0. The number of phenols is 1. The van der Waals surface area contributed by atoms with Crippen LogP contribution in [-0.4, -0.2) is 18.2 Å². The number of hydrogen-bond acceptors (Lipinski definition) is 2. The highest BCUT2D eigenvalue weighted by atomic mass is 16.3. The average molecular weight is 205 g/mol. The molecule has 15 heavy (non-hydrogen) atoms. The average Bonchev–Trinajstić information content (AvgIpc) is 2.74. The maximum Gasteiger partial charge on any atom is 0.118 e. The van der Waals surface area contributed by atoms with Crippen LogP contribution in [0.25, 0.3) is 0 Å². The predicted octanol–water partition coefficient (Wildman–Crippen LogP) is 2.11. The molecule has 0 aliphatic carbocycles. The number of aryl methyl sites for hydroxylation is 1. The van der Waals surface area contributed by atoms with Crippen molar-refractivity contribution < 1.29 is 5.11 Å². The Hall–Kier alpha value is -1.02. The summed E-state index contributed by atoms with van der Waals surface area (Å²) in [5.74, 6) is 1.15. The van der Waals surface area contributed by atoms with E-state index >= 15 is 0 Å². The second kappa shape index (κ2) is 4.67. The first-order chi connectivity index (χ1) is 7.29. The molecule has 1 unspecified atom stereocenters. The molecule has 0 aromatic heterocycles. The molecule has 0 saturated carbocycles. The van der Waals surface area contributed by atoms with E-state index in [1.165, 1.54) is 12.0 Å². The minimum absolute atomic E-state index is 0.458. The number of rotatable bonds is 3. The molecule has 1 aliphatic heterocycles. The van der Waals surface area contributed by atoms with Crippen LogP contribution in [0.15, 0.2) is 18.2 Å². The molecule has 0 amide bonds. The van der Waals surface area contributed by atoms with Gasteiger partial charge in [0.2, 0.25) is 0 Å². The van der Waals surface area contributed by atoms with Crippen LogP contribution in [0.2, 0.25) is 0 Å². The fourth-order valence-electron chi connectivity index (χ4n) is 2.22. The Kier molecular flexibility index (Phi) is 3.27. The van der Waals surface area contributed by atoms with E-state index in [0.717, 1.165) is 31.5 Å². The molecule has 0 bridgehead atoms. The quantitative estimate of drug-likeness (QED) is 0.792. The van der Waals surface area contributed by atoms with E-state index < -0.39 is 0 Å². The molecule has 0 spiro atoms. The van der Waals surface area contributed by atoms with E-state index in [-0.39, 0.29) is 0 Å². The largest absolute Gasteiger partial charge is 0.508 e. The van der Waals surface area contributed by atoms with Crippen LogP contribution in [-0.2, 0) is 12.8 Å². The molecule has 2 rings (SSSR count). The first kappa shape index (κ1) is 10.5.